The van der Waals surface area contributed by atoms with Gasteiger partial charge >= 0.3 is 0 Å². The molecule has 0 saturated heterocycles. The van der Waals surface area contributed by atoms with Gasteiger partial charge in [-0.3, -0.25) is 0 Å². The van der Waals surface area contributed by atoms with Crippen LogP contribution in [-0.2, 0) is 13.0 Å². The Hall–Kier alpha value is -2.34. The maximum Gasteiger partial charge on any atom is 0.191 e. The smallest absolute Gasteiger partial charge is 0.191 e. The Bertz CT molecular complexity index is 727. The summed E-state index contributed by atoms with van der Waals surface area (Å²) in [5.41, 5.74) is 3.31. The van der Waals surface area contributed by atoms with Crippen molar-refractivity contribution in [2.75, 3.05) is 13.1 Å². The van der Waals surface area contributed by atoms with Crippen LogP contribution in [0, 0.1) is 0 Å². The topological polar surface area (TPSA) is 53.7 Å². The number of rotatable bonds is 6. The molecule has 0 bridgehead atoms. The molecule has 0 aromatic carbocycles. The fourth-order valence-corrected chi connectivity index (χ4v) is 2.97. The molecule has 3 heterocycles. The molecule has 3 aromatic rings. The number of hydrogen-bond donors (Lipinski definition) is 2. The van der Waals surface area contributed by atoms with Crippen molar-refractivity contribution in [1.29, 1.82) is 0 Å². The van der Waals surface area contributed by atoms with Gasteiger partial charge in [0.15, 0.2) is 5.96 Å². The normalized spacial score (nSPS) is 11.8. The summed E-state index contributed by atoms with van der Waals surface area (Å²) in [5, 5.41) is 10.9. The number of hydrogen-bond acceptors (Lipinski definition) is 3. The molecule has 23 heavy (non-hydrogen) atoms. The number of nitrogens with one attached hydrogen (secondary N) is 2. The van der Waals surface area contributed by atoms with Crippen LogP contribution in [0.15, 0.2) is 52.4 Å². The van der Waals surface area contributed by atoms with Crippen LogP contribution in [0.25, 0.3) is 5.65 Å². The van der Waals surface area contributed by atoms with Crippen molar-refractivity contribution >= 4 is 22.9 Å². The third-order valence-electron chi connectivity index (χ3n) is 3.43. The fourth-order valence-electron chi connectivity index (χ4n) is 2.31. The Labute approximate surface area is 140 Å². The highest BCUT2D eigenvalue weighted by molar-refractivity contribution is 7.07. The third kappa shape index (κ3) is 4.32. The summed E-state index contributed by atoms with van der Waals surface area (Å²) < 4.78 is 2.05. The van der Waals surface area contributed by atoms with Gasteiger partial charge < -0.3 is 15.0 Å². The predicted octanol–water partition coefficient (Wildman–Crippen LogP) is 2.69. The van der Waals surface area contributed by atoms with Crippen LogP contribution in [0.4, 0.5) is 0 Å². The number of thiophene rings is 1. The van der Waals surface area contributed by atoms with E-state index in [0.717, 1.165) is 36.8 Å². The summed E-state index contributed by atoms with van der Waals surface area (Å²) >= 11 is 1.70. The van der Waals surface area contributed by atoms with Crippen LogP contribution < -0.4 is 10.6 Å². The number of imidazole rings is 1. The number of aliphatic imine (C=N–C) groups is 1. The molecule has 0 aliphatic carbocycles. The lowest BCUT2D eigenvalue weighted by molar-refractivity contribution is 0.791. The van der Waals surface area contributed by atoms with Gasteiger partial charge in [0.1, 0.15) is 5.65 Å². The van der Waals surface area contributed by atoms with E-state index in [1.807, 2.05) is 28.8 Å². The first-order valence-corrected chi connectivity index (χ1v) is 8.75. The number of nitrogens with zero attached hydrogens (tertiary/aromatic N) is 3. The number of pyridine rings is 1. The SMILES string of the molecule is CCNC(=NCc1ccsc1)NCCc1cn2ccccc2n1. The van der Waals surface area contributed by atoms with Crippen LogP contribution >= 0.6 is 11.3 Å². The zero-order chi connectivity index (χ0) is 15.9. The largest absolute Gasteiger partial charge is 0.357 e. The Kier molecular flexibility index (Phi) is 5.26. The Morgan fingerprint density at radius 2 is 2.26 bits per heavy atom. The third-order valence-corrected chi connectivity index (χ3v) is 4.16. The summed E-state index contributed by atoms with van der Waals surface area (Å²) in [6.45, 7) is 4.43. The molecule has 2 N–H and O–H groups in total. The molecule has 5 nitrogen and oxygen atoms in total. The average Bonchev–Trinajstić information content (AvgIpc) is 3.21. The minimum Gasteiger partial charge on any atom is -0.357 e. The first-order chi connectivity index (χ1) is 11.3. The molecule has 6 heteroatoms. The van der Waals surface area contributed by atoms with E-state index in [2.05, 4.69) is 50.6 Å². The summed E-state index contributed by atoms with van der Waals surface area (Å²) in [5.74, 6) is 0.850. The molecule has 0 aliphatic heterocycles. The predicted molar refractivity (Wildman–Crippen MR) is 96.0 cm³/mol. The minimum atomic E-state index is 0.702. The summed E-state index contributed by atoms with van der Waals surface area (Å²) in [6, 6.07) is 8.14. The number of aromatic nitrogens is 2. The molecular weight excluding hydrogens is 306 g/mol. The van der Waals surface area contributed by atoms with Gasteiger partial charge in [-0.1, -0.05) is 6.07 Å². The van der Waals surface area contributed by atoms with Crippen molar-refractivity contribution in [1.82, 2.24) is 20.0 Å². The molecule has 0 radical (unpaired) electrons. The fraction of sp³-hybridized carbons (Fsp3) is 0.294. The van der Waals surface area contributed by atoms with E-state index in [1.165, 1.54) is 5.56 Å². The van der Waals surface area contributed by atoms with Gasteiger partial charge in [-0.05, 0) is 41.4 Å². The van der Waals surface area contributed by atoms with Crippen LogP contribution in [-0.4, -0.2) is 28.4 Å². The number of guanidine groups is 1. The van der Waals surface area contributed by atoms with Gasteiger partial charge in [0.25, 0.3) is 0 Å². The highest BCUT2D eigenvalue weighted by Crippen LogP contribution is 2.07. The lowest BCUT2D eigenvalue weighted by Gasteiger charge is -2.10. The van der Waals surface area contributed by atoms with Crippen LogP contribution in [0.2, 0.25) is 0 Å². The van der Waals surface area contributed by atoms with Gasteiger partial charge in [-0.2, -0.15) is 11.3 Å². The highest BCUT2D eigenvalue weighted by atomic mass is 32.1. The lowest BCUT2D eigenvalue weighted by atomic mass is 10.3. The molecule has 120 valence electrons. The van der Waals surface area contributed by atoms with E-state index in [4.69, 9.17) is 0 Å². The molecule has 0 aliphatic rings. The van der Waals surface area contributed by atoms with Crippen LogP contribution in [0.5, 0.6) is 0 Å². The standard InChI is InChI=1S/C17H21N5S/c1-2-18-17(20-11-14-7-10-23-13-14)19-8-6-15-12-22-9-4-3-5-16(22)21-15/h3-5,7,9-10,12-13H,2,6,8,11H2,1H3,(H2,18,19,20). The molecule has 0 atom stereocenters. The van der Waals surface area contributed by atoms with E-state index in [-0.39, 0.29) is 0 Å². The van der Waals surface area contributed by atoms with E-state index >= 15 is 0 Å². The van der Waals surface area contributed by atoms with Crippen LogP contribution in [0.1, 0.15) is 18.2 Å². The Morgan fingerprint density at radius 3 is 3.04 bits per heavy atom. The van der Waals surface area contributed by atoms with E-state index in [0.29, 0.717) is 6.54 Å². The molecule has 0 fully saturated rings. The van der Waals surface area contributed by atoms with Crippen LogP contribution in [0.3, 0.4) is 0 Å². The molecule has 0 unspecified atom stereocenters. The summed E-state index contributed by atoms with van der Waals surface area (Å²) in [6.07, 6.45) is 4.96. The van der Waals surface area contributed by atoms with E-state index in [1.54, 1.807) is 11.3 Å². The van der Waals surface area contributed by atoms with Gasteiger partial charge in [0.05, 0.1) is 12.2 Å². The maximum atomic E-state index is 4.61. The summed E-state index contributed by atoms with van der Waals surface area (Å²) in [4.78, 5) is 9.21. The first-order valence-electron chi connectivity index (χ1n) is 7.81. The monoisotopic (exact) mass is 327 g/mol. The molecule has 3 rings (SSSR count). The molecule has 3 aromatic heterocycles. The van der Waals surface area contributed by atoms with Gasteiger partial charge in [0.2, 0.25) is 0 Å². The first kappa shape index (κ1) is 15.6. The van der Waals surface area contributed by atoms with Crippen molar-refractivity contribution < 1.29 is 0 Å². The van der Waals surface area contributed by atoms with Gasteiger partial charge in [0, 0.05) is 31.9 Å². The average molecular weight is 327 g/mol. The quantitative estimate of drug-likeness (QED) is 0.541. The zero-order valence-electron chi connectivity index (χ0n) is 13.2. The van der Waals surface area contributed by atoms with E-state index in [9.17, 15) is 0 Å². The van der Waals surface area contributed by atoms with Gasteiger partial charge in [-0.25, -0.2) is 9.98 Å². The summed E-state index contributed by atoms with van der Waals surface area (Å²) in [7, 11) is 0. The van der Waals surface area contributed by atoms with Crippen molar-refractivity contribution in [3.8, 4) is 0 Å². The zero-order valence-corrected chi connectivity index (χ0v) is 14.0. The number of fused-ring (bicyclic) bond motifs is 1. The second-order valence-corrected chi connectivity index (χ2v) is 5.98. The molecule has 0 amide bonds. The van der Waals surface area contributed by atoms with Crippen molar-refractivity contribution in [2.45, 2.75) is 19.9 Å². The molecular formula is C17H21N5S. The van der Waals surface area contributed by atoms with Crippen molar-refractivity contribution in [3.63, 3.8) is 0 Å². The molecule has 0 saturated carbocycles. The minimum absolute atomic E-state index is 0.702. The van der Waals surface area contributed by atoms with Gasteiger partial charge in [-0.15, -0.1) is 0 Å². The second-order valence-electron chi connectivity index (χ2n) is 5.20. The van der Waals surface area contributed by atoms with Crippen molar-refractivity contribution in [3.05, 3.63) is 58.7 Å². The Balaban J connectivity index is 1.54. The maximum absolute atomic E-state index is 4.61. The molecule has 0 spiro atoms. The Morgan fingerprint density at radius 1 is 1.30 bits per heavy atom. The second kappa shape index (κ2) is 7.78. The highest BCUT2D eigenvalue weighted by Gasteiger charge is 2.02. The van der Waals surface area contributed by atoms with Crippen molar-refractivity contribution in [2.24, 2.45) is 4.99 Å². The van der Waals surface area contributed by atoms with E-state index < -0.39 is 0 Å². The lowest BCUT2D eigenvalue weighted by Crippen LogP contribution is -2.38.